The van der Waals surface area contributed by atoms with Crippen LogP contribution in [0.1, 0.15) is 36.8 Å². The van der Waals surface area contributed by atoms with Crippen LogP contribution in [0.4, 0.5) is 13.2 Å². The number of alkyl halides is 3. The number of aromatic nitrogens is 2. The zero-order chi connectivity index (χ0) is 12.1. The molecule has 2 heterocycles. The van der Waals surface area contributed by atoms with Crippen LogP contribution in [0.25, 0.3) is 0 Å². The van der Waals surface area contributed by atoms with E-state index in [-0.39, 0.29) is 6.04 Å². The Bertz CT molecular complexity index is 406. The molecule has 0 fully saturated rings. The maximum Gasteiger partial charge on any atom is 0.435 e. The van der Waals surface area contributed by atoms with Gasteiger partial charge in [0, 0.05) is 24.7 Å². The zero-order valence-corrected chi connectivity index (χ0v) is 9.47. The average molecular weight is 233 g/mol. The Morgan fingerprint density at radius 3 is 2.38 bits per heavy atom. The van der Waals surface area contributed by atoms with Gasteiger partial charge in [-0.15, -0.1) is 0 Å². The van der Waals surface area contributed by atoms with Gasteiger partial charge in [-0.2, -0.15) is 18.3 Å². The largest absolute Gasteiger partial charge is 0.435 e. The zero-order valence-electron chi connectivity index (χ0n) is 9.47. The molecule has 3 nitrogen and oxygen atoms in total. The van der Waals surface area contributed by atoms with E-state index in [0.717, 1.165) is 0 Å². The Kier molecular flexibility index (Phi) is 2.49. The smallest absolute Gasteiger partial charge is 0.296 e. The van der Waals surface area contributed by atoms with E-state index >= 15 is 0 Å². The summed E-state index contributed by atoms with van der Waals surface area (Å²) in [5.41, 5.74) is 0.314. The van der Waals surface area contributed by atoms with Crippen LogP contribution in [0.3, 0.4) is 0 Å². The van der Waals surface area contributed by atoms with Gasteiger partial charge in [-0.1, -0.05) is 0 Å². The minimum absolute atomic E-state index is 0.0450. The number of halogens is 3. The fraction of sp³-hybridized carbons (Fsp3) is 0.700. The molecule has 6 heteroatoms. The predicted molar refractivity (Wildman–Crippen MR) is 52.8 cm³/mol. The Labute approximate surface area is 91.8 Å². The van der Waals surface area contributed by atoms with Crippen LogP contribution >= 0.6 is 0 Å². The van der Waals surface area contributed by atoms with Crippen molar-refractivity contribution in [3.05, 3.63) is 17.0 Å². The maximum absolute atomic E-state index is 12.8. The van der Waals surface area contributed by atoms with E-state index in [0.29, 0.717) is 24.3 Å². The minimum atomic E-state index is -4.35. The first-order valence-corrected chi connectivity index (χ1v) is 5.16. The van der Waals surface area contributed by atoms with Crippen LogP contribution in [0, 0.1) is 0 Å². The Morgan fingerprint density at radius 2 is 1.88 bits per heavy atom. The van der Waals surface area contributed by atoms with Gasteiger partial charge in [0.2, 0.25) is 0 Å². The molecule has 1 aromatic heterocycles. The van der Waals surface area contributed by atoms with E-state index in [4.69, 9.17) is 0 Å². The maximum atomic E-state index is 12.8. The molecule has 0 bridgehead atoms. The summed E-state index contributed by atoms with van der Waals surface area (Å²) in [5, 5.41) is 3.70. The average Bonchev–Trinajstić information content (AvgIpc) is 2.57. The van der Waals surface area contributed by atoms with E-state index in [2.05, 4.69) is 5.10 Å². The molecule has 0 radical (unpaired) electrons. The van der Waals surface area contributed by atoms with Crippen molar-refractivity contribution in [3.8, 4) is 0 Å². The second-order valence-corrected chi connectivity index (χ2v) is 4.48. The molecule has 1 aliphatic heterocycles. The fourth-order valence-corrected chi connectivity index (χ4v) is 2.07. The molecule has 0 amide bonds. The number of fused-ring (bicyclic) bond motifs is 1. The molecule has 2 rings (SSSR count). The lowest BCUT2D eigenvalue weighted by Crippen LogP contribution is -2.16. The third kappa shape index (κ3) is 1.71. The summed E-state index contributed by atoms with van der Waals surface area (Å²) in [4.78, 5) is 1.86. The highest BCUT2D eigenvalue weighted by Crippen LogP contribution is 2.36. The van der Waals surface area contributed by atoms with Crippen molar-refractivity contribution in [1.82, 2.24) is 14.7 Å². The van der Waals surface area contributed by atoms with Crippen LogP contribution in [0.15, 0.2) is 0 Å². The van der Waals surface area contributed by atoms with E-state index in [9.17, 15) is 13.2 Å². The quantitative estimate of drug-likeness (QED) is 0.742. The molecule has 0 atom stereocenters. The van der Waals surface area contributed by atoms with E-state index in [1.165, 1.54) is 4.68 Å². The van der Waals surface area contributed by atoms with Crippen LogP contribution in [-0.4, -0.2) is 21.7 Å². The Balaban J connectivity index is 2.54. The van der Waals surface area contributed by atoms with Crippen LogP contribution in [0.5, 0.6) is 0 Å². The number of hydrogen-bond donors (Lipinski definition) is 0. The monoisotopic (exact) mass is 233 g/mol. The van der Waals surface area contributed by atoms with Gasteiger partial charge in [-0.3, -0.25) is 9.58 Å². The van der Waals surface area contributed by atoms with Crippen molar-refractivity contribution in [2.45, 2.75) is 39.2 Å². The lowest BCUT2D eigenvalue weighted by molar-refractivity contribution is -0.142. The molecule has 0 aliphatic carbocycles. The molecule has 0 saturated heterocycles. The van der Waals surface area contributed by atoms with Crippen molar-refractivity contribution in [2.75, 3.05) is 7.05 Å². The second kappa shape index (κ2) is 3.48. The lowest BCUT2D eigenvalue weighted by atomic mass is 10.2. The molecule has 1 aliphatic rings. The normalized spacial score (nSPS) is 17.2. The first-order valence-electron chi connectivity index (χ1n) is 5.16. The highest BCUT2D eigenvalue weighted by Gasteiger charge is 2.41. The highest BCUT2D eigenvalue weighted by molar-refractivity contribution is 5.32. The molecular weight excluding hydrogens is 219 g/mol. The fourth-order valence-electron chi connectivity index (χ4n) is 2.07. The molecule has 0 aromatic carbocycles. The van der Waals surface area contributed by atoms with Gasteiger partial charge in [-0.05, 0) is 20.9 Å². The van der Waals surface area contributed by atoms with Crippen LogP contribution < -0.4 is 0 Å². The van der Waals surface area contributed by atoms with Gasteiger partial charge < -0.3 is 0 Å². The molecule has 16 heavy (non-hydrogen) atoms. The van der Waals surface area contributed by atoms with Crippen molar-refractivity contribution in [2.24, 2.45) is 0 Å². The second-order valence-electron chi connectivity index (χ2n) is 4.48. The van der Waals surface area contributed by atoms with E-state index in [1.807, 2.05) is 25.8 Å². The third-order valence-electron chi connectivity index (χ3n) is 2.72. The third-order valence-corrected chi connectivity index (χ3v) is 2.72. The summed E-state index contributed by atoms with van der Waals surface area (Å²) in [5.74, 6) is 0. The summed E-state index contributed by atoms with van der Waals surface area (Å²) in [6, 6.07) is -0.0450. The van der Waals surface area contributed by atoms with Gasteiger partial charge in [0.05, 0.1) is 5.69 Å². The standard InChI is InChI=1S/C10H14F3N3/c1-6(2)16-8-5-15(3)4-7(8)9(14-16)10(11,12)13/h6H,4-5H2,1-3H3. The molecule has 0 N–H and O–H groups in total. The molecule has 0 saturated carbocycles. The van der Waals surface area contributed by atoms with Gasteiger partial charge in [0.25, 0.3) is 0 Å². The first kappa shape index (κ1) is 11.4. The van der Waals surface area contributed by atoms with Gasteiger partial charge in [0.1, 0.15) is 0 Å². The van der Waals surface area contributed by atoms with E-state index in [1.54, 1.807) is 0 Å². The summed E-state index contributed by atoms with van der Waals surface area (Å²) < 4.78 is 39.7. The SMILES string of the molecule is CC(C)n1nc(C(F)(F)F)c2c1CN(C)C2. The summed E-state index contributed by atoms with van der Waals surface area (Å²) in [6.07, 6.45) is -4.35. The summed E-state index contributed by atoms with van der Waals surface area (Å²) in [6.45, 7) is 4.55. The molecule has 1 aromatic rings. The topological polar surface area (TPSA) is 21.1 Å². The summed E-state index contributed by atoms with van der Waals surface area (Å²) in [7, 11) is 1.81. The highest BCUT2D eigenvalue weighted by atomic mass is 19.4. The van der Waals surface area contributed by atoms with Crippen LogP contribution in [0.2, 0.25) is 0 Å². The number of rotatable bonds is 1. The predicted octanol–water partition coefficient (Wildman–Crippen LogP) is 2.43. The van der Waals surface area contributed by atoms with E-state index < -0.39 is 11.9 Å². The minimum Gasteiger partial charge on any atom is -0.296 e. The van der Waals surface area contributed by atoms with Gasteiger partial charge >= 0.3 is 6.18 Å². The number of hydrogen-bond acceptors (Lipinski definition) is 2. The molecule has 0 spiro atoms. The van der Waals surface area contributed by atoms with Crippen molar-refractivity contribution < 1.29 is 13.2 Å². The Hall–Kier alpha value is -1.04. The molecular formula is C10H14F3N3. The van der Waals surface area contributed by atoms with Crippen LogP contribution in [-0.2, 0) is 19.3 Å². The number of nitrogens with zero attached hydrogens (tertiary/aromatic N) is 3. The van der Waals surface area contributed by atoms with Gasteiger partial charge in [-0.25, -0.2) is 0 Å². The summed E-state index contributed by atoms with van der Waals surface area (Å²) >= 11 is 0. The van der Waals surface area contributed by atoms with Crippen molar-refractivity contribution >= 4 is 0 Å². The first-order chi connectivity index (χ1) is 7.30. The van der Waals surface area contributed by atoms with Crippen molar-refractivity contribution in [3.63, 3.8) is 0 Å². The van der Waals surface area contributed by atoms with Crippen molar-refractivity contribution in [1.29, 1.82) is 0 Å². The molecule has 0 unspecified atom stereocenters. The van der Waals surface area contributed by atoms with Gasteiger partial charge in [0.15, 0.2) is 5.69 Å². The molecule has 90 valence electrons. The Morgan fingerprint density at radius 1 is 1.25 bits per heavy atom. The lowest BCUT2D eigenvalue weighted by Gasteiger charge is -2.12.